The van der Waals surface area contributed by atoms with Gasteiger partial charge in [-0.15, -0.1) is 12.4 Å². The topological polar surface area (TPSA) is 32.3 Å². The summed E-state index contributed by atoms with van der Waals surface area (Å²) in [6.45, 7) is 1.73. The van der Waals surface area contributed by atoms with E-state index >= 15 is 0 Å². The zero-order chi connectivity index (χ0) is 10.8. The molecule has 0 aromatic rings. The van der Waals surface area contributed by atoms with Gasteiger partial charge in [0.1, 0.15) is 0 Å². The molecule has 2 unspecified atom stereocenters. The molecule has 0 radical (unpaired) electrons. The third-order valence-electron chi connectivity index (χ3n) is 4.02. The van der Waals surface area contributed by atoms with Crippen LogP contribution in [-0.2, 0) is 4.79 Å². The summed E-state index contributed by atoms with van der Waals surface area (Å²) < 4.78 is 0. The van der Waals surface area contributed by atoms with Gasteiger partial charge in [-0.3, -0.25) is 4.79 Å². The molecular formula is C12H23ClN2O. The van der Waals surface area contributed by atoms with Gasteiger partial charge in [0, 0.05) is 26.1 Å². The summed E-state index contributed by atoms with van der Waals surface area (Å²) in [6, 6.07) is 0. The number of carbonyl (C=O) groups is 1. The van der Waals surface area contributed by atoms with Crippen LogP contribution in [0.3, 0.4) is 0 Å². The number of amides is 1. The molecule has 1 amide bonds. The maximum Gasteiger partial charge on any atom is 0.226 e. The fourth-order valence-electron chi connectivity index (χ4n) is 3.00. The molecule has 0 aromatic heterocycles. The molecule has 2 aliphatic carbocycles. The van der Waals surface area contributed by atoms with E-state index in [2.05, 4.69) is 5.32 Å². The normalized spacial score (nSPS) is 31.2. The van der Waals surface area contributed by atoms with Gasteiger partial charge < -0.3 is 10.2 Å². The zero-order valence-electron chi connectivity index (χ0n) is 10.2. The number of carbonyl (C=O) groups excluding carboxylic acids is 1. The molecular weight excluding hydrogens is 224 g/mol. The number of nitrogens with zero attached hydrogens (tertiary/aromatic N) is 1. The SMILES string of the molecule is CNCCN(C)C(=O)C1C2CCCCC21.Cl. The highest BCUT2D eigenvalue weighted by Crippen LogP contribution is 2.55. The molecule has 0 saturated heterocycles. The van der Waals surface area contributed by atoms with Gasteiger partial charge >= 0.3 is 0 Å². The first-order valence-corrected chi connectivity index (χ1v) is 6.15. The van der Waals surface area contributed by atoms with Crippen LogP contribution in [0.4, 0.5) is 0 Å². The minimum absolute atomic E-state index is 0. The molecule has 3 nitrogen and oxygen atoms in total. The van der Waals surface area contributed by atoms with Crippen molar-refractivity contribution in [3.05, 3.63) is 0 Å². The second kappa shape index (κ2) is 5.87. The van der Waals surface area contributed by atoms with Crippen LogP contribution >= 0.6 is 12.4 Å². The van der Waals surface area contributed by atoms with Crippen LogP contribution in [-0.4, -0.2) is 38.0 Å². The van der Waals surface area contributed by atoms with E-state index in [0.717, 1.165) is 24.9 Å². The first-order chi connectivity index (χ1) is 7.25. The summed E-state index contributed by atoms with van der Waals surface area (Å²) in [6.07, 6.45) is 5.26. The van der Waals surface area contributed by atoms with Gasteiger partial charge in [0.15, 0.2) is 0 Å². The second-order valence-electron chi connectivity index (χ2n) is 5.00. The van der Waals surface area contributed by atoms with Gasteiger partial charge in [0.25, 0.3) is 0 Å². The van der Waals surface area contributed by atoms with Crippen LogP contribution in [0.5, 0.6) is 0 Å². The van der Waals surface area contributed by atoms with Gasteiger partial charge in [-0.25, -0.2) is 0 Å². The zero-order valence-corrected chi connectivity index (χ0v) is 11.1. The van der Waals surface area contributed by atoms with E-state index < -0.39 is 0 Å². The first-order valence-electron chi connectivity index (χ1n) is 6.15. The number of halogens is 1. The highest BCUT2D eigenvalue weighted by molar-refractivity contribution is 5.85. The third kappa shape index (κ3) is 2.69. The van der Waals surface area contributed by atoms with Crippen LogP contribution in [0.1, 0.15) is 25.7 Å². The van der Waals surface area contributed by atoms with Crippen LogP contribution in [0.25, 0.3) is 0 Å². The maximum absolute atomic E-state index is 12.1. The third-order valence-corrected chi connectivity index (χ3v) is 4.02. The van der Waals surface area contributed by atoms with E-state index in [1.807, 2.05) is 19.0 Å². The molecule has 2 rings (SSSR count). The highest BCUT2D eigenvalue weighted by Gasteiger charge is 2.55. The predicted octanol–water partition coefficient (Wildman–Crippen LogP) is 1.52. The van der Waals surface area contributed by atoms with Crippen molar-refractivity contribution < 1.29 is 4.79 Å². The molecule has 1 N–H and O–H groups in total. The molecule has 0 bridgehead atoms. The quantitative estimate of drug-likeness (QED) is 0.816. The van der Waals surface area contributed by atoms with E-state index in [1.165, 1.54) is 25.7 Å². The Morgan fingerprint density at radius 2 is 1.88 bits per heavy atom. The Morgan fingerprint density at radius 3 is 2.38 bits per heavy atom. The fourth-order valence-corrected chi connectivity index (χ4v) is 3.00. The minimum Gasteiger partial charge on any atom is -0.344 e. The summed E-state index contributed by atoms with van der Waals surface area (Å²) in [5.74, 6) is 2.25. The molecule has 0 spiro atoms. The Labute approximate surface area is 104 Å². The Kier molecular flexibility index (Phi) is 5.06. The van der Waals surface area contributed by atoms with Crippen molar-refractivity contribution in [2.75, 3.05) is 27.2 Å². The lowest BCUT2D eigenvalue weighted by Gasteiger charge is -2.16. The number of rotatable bonds is 4. The first kappa shape index (κ1) is 13.8. The molecule has 0 aromatic carbocycles. The second-order valence-corrected chi connectivity index (χ2v) is 5.00. The van der Waals surface area contributed by atoms with Crippen molar-refractivity contribution in [2.24, 2.45) is 17.8 Å². The molecule has 94 valence electrons. The summed E-state index contributed by atoms with van der Waals surface area (Å²) in [4.78, 5) is 14.0. The van der Waals surface area contributed by atoms with E-state index in [1.54, 1.807) is 0 Å². The minimum atomic E-state index is 0. The van der Waals surface area contributed by atoms with Crippen molar-refractivity contribution >= 4 is 18.3 Å². The Morgan fingerprint density at radius 1 is 1.31 bits per heavy atom. The number of nitrogens with one attached hydrogen (secondary N) is 1. The Balaban J connectivity index is 0.00000128. The van der Waals surface area contributed by atoms with Crippen molar-refractivity contribution in [3.63, 3.8) is 0 Å². The Hall–Kier alpha value is -0.280. The van der Waals surface area contributed by atoms with Crippen LogP contribution < -0.4 is 5.32 Å². The average molecular weight is 247 g/mol. The number of likely N-dealkylation sites (N-methyl/N-ethyl adjacent to an activating group) is 2. The maximum atomic E-state index is 12.1. The largest absolute Gasteiger partial charge is 0.344 e. The molecule has 2 atom stereocenters. The lowest BCUT2D eigenvalue weighted by atomic mass is 10.0. The lowest BCUT2D eigenvalue weighted by molar-refractivity contribution is -0.131. The standard InChI is InChI=1S/C12H22N2O.ClH/c1-13-7-8-14(2)12(15)11-9-5-3-4-6-10(9)11;/h9-11,13H,3-8H2,1-2H3;1H. The fraction of sp³-hybridized carbons (Fsp3) is 0.917. The van der Waals surface area contributed by atoms with Gasteiger partial charge in [-0.2, -0.15) is 0 Å². The summed E-state index contributed by atoms with van der Waals surface area (Å²) >= 11 is 0. The van der Waals surface area contributed by atoms with Crippen LogP contribution in [0, 0.1) is 17.8 Å². The van der Waals surface area contributed by atoms with Crippen molar-refractivity contribution in [2.45, 2.75) is 25.7 Å². The van der Waals surface area contributed by atoms with Gasteiger partial charge in [-0.1, -0.05) is 12.8 Å². The number of hydrogen-bond acceptors (Lipinski definition) is 2. The van der Waals surface area contributed by atoms with Crippen LogP contribution in [0.2, 0.25) is 0 Å². The van der Waals surface area contributed by atoms with Crippen molar-refractivity contribution in [1.29, 1.82) is 0 Å². The molecule has 0 aliphatic heterocycles. The smallest absolute Gasteiger partial charge is 0.226 e. The molecule has 16 heavy (non-hydrogen) atoms. The average Bonchev–Trinajstić information content (AvgIpc) is 2.99. The van der Waals surface area contributed by atoms with Gasteiger partial charge in [-0.05, 0) is 31.7 Å². The van der Waals surface area contributed by atoms with E-state index in [-0.39, 0.29) is 12.4 Å². The van der Waals surface area contributed by atoms with Crippen molar-refractivity contribution in [3.8, 4) is 0 Å². The summed E-state index contributed by atoms with van der Waals surface area (Å²) in [5, 5.41) is 3.08. The van der Waals surface area contributed by atoms with E-state index in [0.29, 0.717) is 11.8 Å². The summed E-state index contributed by atoms with van der Waals surface area (Å²) in [5.41, 5.74) is 0. The molecule has 2 fully saturated rings. The predicted molar refractivity (Wildman–Crippen MR) is 67.7 cm³/mol. The summed E-state index contributed by atoms with van der Waals surface area (Å²) in [7, 11) is 3.86. The molecule has 2 saturated carbocycles. The van der Waals surface area contributed by atoms with E-state index in [9.17, 15) is 4.79 Å². The number of hydrogen-bond donors (Lipinski definition) is 1. The Bertz CT molecular complexity index is 235. The van der Waals surface area contributed by atoms with Crippen molar-refractivity contribution in [1.82, 2.24) is 10.2 Å². The molecule has 2 aliphatic rings. The van der Waals surface area contributed by atoms with Crippen LogP contribution in [0.15, 0.2) is 0 Å². The van der Waals surface area contributed by atoms with E-state index in [4.69, 9.17) is 0 Å². The highest BCUT2D eigenvalue weighted by atomic mass is 35.5. The molecule has 0 heterocycles. The monoisotopic (exact) mass is 246 g/mol. The van der Waals surface area contributed by atoms with Gasteiger partial charge in [0.2, 0.25) is 5.91 Å². The number of fused-ring (bicyclic) bond motifs is 1. The lowest BCUT2D eigenvalue weighted by Crippen LogP contribution is -2.34. The van der Waals surface area contributed by atoms with Gasteiger partial charge in [0.05, 0.1) is 0 Å². The molecule has 4 heteroatoms.